The van der Waals surface area contributed by atoms with Crippen molar-refractivity contribution >= 4 is 23.2 Å². The Kier molecular flexibility index (Phi) is 6.03. The van der Waals surface area contributed by atoms with Crippen molar-refractivity contribution in [3.05, 3.63) is 66.0 Å². The van der Waals surface area contributed by atoms with E-state index in [9.17, 15) is 4.79 Å². The summed E-state index contributed by atoms with van der Waals surface area (Å²) in [5.74, 6) is -1.05. The molecule has 2 rings (SSSR count). The predicted octanol–water partition coefficient (Wildman–Crippen LogP) is 2.50. The van der Waals surface area contributed by atoms with Gasteiger partial charge in [0.15, 0.2) is 0 Å². The van der Waals surface area contributed by atoms with E-state index in [1.165, 1.54) is 0 Å². The number of hydrogen-bond acceptors (Lipinski definition) is 4. The van der Waals surface area contributed by atoms with E-state index in [-0.39, 0.29) is 5.97 Å². The molecule has 0 bridgehead atoms. The molecular formula is C17H18N2O2S. The van der Waals surface area contributed by atoms with Crippen molar-refractivity contribution in [2.24, 2.45) is 0 Å². The second-order valence-electron chi connectivity index (χ2n) is 4.70. The maximum atomic E-state index is 12.3. The Labute approximate surface area is 135 Å². The van der Waals surface area contributed by atoms with E-state index in [0.717, 1.165) is 5.56 Å². The van der Waals surface area contributed by atoms with Gasteiger partial charge in [0.25, 0.3) is 0 Å². The highest BCUT2D eigenvalue weighted by Gasteiger charge is 2.27. The first-order chi connectivity index (χ1) is 10.7. The maximum absolute atomic E-state index is 12.3. The lowest BCUT2D eigenvalue weighted by atomic mass is 10.0. The Bertz CT molecular complexity index is 617. The highest BCUT2D eigenvalue weighted by atomic mass is 32.1. The van der Waals surface area contributed by atoms with Crippen LogP contribution in [0, 0.1) is 0 Å². The molecule has 1 heterocycles. The van der Waals surface area contributed by atoms with E-state index in [1.807, 2.05) is 36.4 Å². The average Bonchev–Trinajstić information content (AvgIpc) is 2.57. The molecule has 4 nitrogen and oxygen atoms in total. The summed E-state index contributed by atoms with van der Waals surface area (Å²) in [6.07, 6.45) is 2.31. The fourth-order valence-electron chi connectivity index (χ4n) is 2.05. The minimum absolute atomic E-state index is 0.318. The Morgan fingerprint density at radius 1 is 1.23 bits per heavy atom. The van der Waals surface area contributed by atoms with Crippen molar-refractivity contribution < 1.29 is 9.53 Å². The largest absolute Gasteiger partial charge is 0.465 e. The molecule has 0 spiro atoms. The highest BCUT2D eigenvalue weighted by Crippen LogP contribution is 2.16. The molecular weight excluding hydrogens is 296 g/mol. The van der Waals surface area contributed by atoms with Crippen LogP contribution in [-0.4, -0.2) is 29.6 Å². The number of aromatic nitrogens is 1. The van der Waals surface area contributed by atoms with Crippen LogP contribution in [0.2, 0.25) is 0 Å². The van der Waals surface area contributed by atoms with Gasteiger partial charge in [-0.1, -0.05) is 48.6 Å². The van der Waals surface area contributed by atoms with Crippen LogP contribution < -0.4 is 5.32 Å². The molecule has 1 N–H and O–H groups in total. The van der Waals surface area contributed by atoms with Gasteiger partial charge in [-0.2, -0.15) is 0 Å². The minimum atomic E-state index is -0.669. The number of pyridine rings is 1. The third-order valence-corrected chi connectivity index (χ3v) is 3.65. The smallest absolute Gasteiger partial charge is 0.322 e. The van der Waals surface area contributed by atoms with Crippen LogP contribution in [0.25, 0.3) is 0 Å². The van der Waals surface area contributed by atoms with Crippen LogP contribution in [0.5, 0.6) is 0 Å². The first-order valence-electron chi connectivity index (χ1n) is 7.05. The number of hydrogen-bond donors (Lipinski definition) is 1. The average molecular weight is 314 g/mol. The Morgan fingerprint density at radius 3 is 2.59 bits per heavy atom. The molecule has 0 amide bonds. The number of ether oxygens (including phenoxy) is 1. The normalized spacial score (nSPS) is 11.5. The van der Waals surface area contributed by atoms with Gasteiger partial charge in [0, 0.05) is 19.7 Å². The molecule has 0 aliphatic rings. The summed E-state index contributed by atoms with van der Waals surface area (Å²) < 4.78 is 5.38. The van der Waals surface area contributed by atoms with Crippen molar-refractivity contribution in [3.8, 4) is 0 Å². The molecule has 0 fully saturated rings. The van der Waals surface area contributed by atoms with Crippen LogP contribution in [-0.2, 0) is 16.0 Å². The number of likely N-dealkylation sites (N-methyl/N-ethyl adjacent to an activating group) is 1. The molecule has 0 aliphatic heterocycles. The molecule has 2 aromatic rings. The summed E-state index contributed by atoms with van der Waals surface area (Å²) >= 11 is 5.23. The number of nitrogens with one attached hydrogen (secondary N) is 1. The monoisotopic (exact) mass is 314 g/mol. The summed E-state index contributed by atoms with van der Waals surface area (Å²) in [7, 11) is 1.69. The zero-order chi connectivity index (χ0) is 15.8. The lowest BCUT2D eigenvalue weighted by Crippen LogP contribution is -2.32. The molecule has 22 heavy (non-hydrogen) atoms. The molecule has 0 aliphatic carbocycles. The number of carbonyl (C=O) groups is 1. The van der Waals surface area contributed by atoms with Gasteiger partial charge in [0.05, 0.1) is 17.3 Å². The second kappa shape index (κ2) is 8.24. The van der Waals surface area contributed by atoms with Gasteiger partial charge in [-0.3, -0.25) is 9.78 Å². The van der Waals surface area contributed by atoms with Crippen molar-refractivity contribution in [1.29, 1.82) is 0 Å². The van der Waals surface area contributed by atoms with Crippen molar-refractivity contribution in [1.82, 2.24) is 10.3 Å². The Balaban J connectivity index is 1.99. The van der Waals surface area contributed by atoms with Gasteiger partial charge in [-0.05, 0) is 17.7 Å². The number of nitrogens with zero attached hydrogens (tertiary/aromatic N) is 1. The molecule has 0 saturated heterocycles. The lowest BCUT2D eigenvalue weighted by Gasteiger charge is -2.16. The van der Waals surface area contributed by atoms with E-state index in [2.05, 4.69) is 10.3 Å². The first kappa shape index (κ1) is 16.1. The molecule has 0 radical (unpaired) electrons. The molecule has 0 saturated carbocycles. The number of esters is 1. The van der Waals surface area contributed by atoms with E-state index >= 15 is 0 Å². The van der Waals surface area contributed by atoms with E-state index in [4.69, 9.17) is 17.0 Å². The minimum Gasteiger partial charge on any atom is -0.465 e. The number of rotatable bonds is 6. The van der Waals surface area contributed by atoms with Gasteiger partial charge < -0.3 is 10.1 Å². The van der Waals surface area contributed by atoms with Crippen molar-refractivity contribution in [2.75, 3.05) is 13.7 Å². The standard InChI is InChI=1S/C17H18N2O2S/c1-18-16(22)15(14-9-5-6-11-19-14)17(20)21-12-10-13-7-3-2-4-8-13/h2-9,11,15H,10,12H2,1H3,(H,18,22). The van der Waals surface area contributed by atoms with Crippen LogP contribution >= 0.6 is 12.2 Å². The van der Waals surface area contributed by atoms with Gasteiger partial charge in [0.1, 0.15) is 5.92 Å². The molecule has 1 aromatic heterocycles. The lowest BCUT2D eigenvalue weighted by molar-refractivity contribution is -0.143. The van der Waals surface area contributed by atoms with Crippen LogP contribution in [0.1, 0.15) is 17.2 Å². The third kappa shape index (κ3) is 4.36. The third-order valence-electron chi connectivity index (χ3n) is 3.21. The first-order valence-corrected chi connectivity index (χ1v) is 7.46. The van der Waals surface area contributed by atoms with E-state index < -0.39 is 5.92 Å². The van der Waals surface area contributed by atoms with Crippen LogP contribution in [0.3, 0.4) is 0 Å². The zero-order valence-corrected chi connectivity index (χ0v) is 13.2. The number of carbonyl (C=O) groups excluding carboxylic acids is 1. The van der Waals surface area contributed by atoms with Gasteiger partial charge in [0.2, 0.25) is 0 Å². The fourth-order valence-corrected chi connectivity index (χ4v) is 2.27. The summed E-state index contributed by atoms with van der Waals surface area (Å²) in [5, 5.41) is 2.84. The van der Waals surface area contributed by atoms with Crippen molar-refractivity contribution in [2.45, 2.75) is 12.3 Å². The summed E-state index contributed by atoms with van der Waals surface area (Å²) in [6.45, 7) is 0.318. The highest BCUT2D eigenvalue weighted by molar-refractivity contribution is 7.80. The molecule has 5 heteroatoms. The molecule has 1 atom stereocenters. The quantitative estimate of drug-likeness (QED) is 0.656. The molecule has 1 aromatic carbocycles. The summed E-state index contributed by atoms with van der Waals surface area (Å²) in [4.78, 5) is 17.0. The van der Waals surface area contributed by atoms with E-state index in [0.29, 0.717) is 23.7 Å². The molecule has 114 valence electrons. The Hall–Kier alpha value is -2.27. The number of benzene rings is 1. The SMILES string of the molecule is CNC(=S)C(C(=O)OCCc1ccccc1)c1ccccn1. The van der Waals surface area contributed by atoms with Gasteiger partial charge in [-0.15, -0.1) is 0 Å². The van der Waals surface area contributed by atoms with E-state index in [1.54, 1.807) is 25.4 Å². The Morgan fingerprint density at radius 2 is 1.95 bits per heavy atom. The fraction of sp³-hybridized carbons (Fsp3) is 0.235. The number of thiocarbonyl (C=S) groups is 1. The van der Waals surface area contributed by atoms with Crippen LogP contribution in [0.4, 0.5) is 0 Å². The summed E-state index contributed by atoms with van der Waals surface area (Å²) in [5.41, 5.74) is 1.72. The molecule has 1 unspecified atom stereocenters. The van der Waals surface area contributed by atoms with Gasteiger partial charge >= 0.3 is 5.97 Å². The second-order valence-corrected chi connectivity index (χ2v) is 5.14. The zero-order valence-electron chi connectivity index (χ0n) is 12.4. The predicted molar refractivity (Wildman–Crippen MR) is 89.7 cm³/mol. The van der Waals surface area contributed by atoms with Gasteiger partial charge in [-0.25, -0.2) is 0 Å². The van der Waals surface area contributed by atoms with Crippen LogP contribution in [0.15, 0.2) is 54.7 Å². The maximum Gasteiger partial charge on any atom is 0.322 e. The summed E-state index contributed by atoms with van der Waals surface area (Å²) in [6, 6.07) is 15.3. The van der Waals surface area contributed by atoms with Crippen molar-refractivity contribution in [3.63, 3.8) is 0 Å². The topological polar surface area (TPSA) is 51.2 Å².